The van der Waals surface area contributed by atoms with E-state index in [2.05, 4.69) is 16.6 Å². The van der Waals surface area contributed by atoms with Crippen LogP contribution in [-0.4, -0.2) is 43.8 Å². The second-order valence-corrected chi connectivity index (χ2v) is 4.07. The topological polar surface area (TPSA) is 38.8 Å². The van der Waals surface area contributed by atoms with Crippen LogP contribution in [0.3, 0.4) is 0 Å². The van der Waals surface area contributed by atoms with E-state index in [-0.39, 0.29) is 11.6 Å². The van der Waals surface area contributed by atoms with Gasteiger partial charge in [-0.1, -0.05) is 0 Å². The minimum atomic E-state index is -0.320. The average molecular weight is 213 g/mol. The monoisotopic (exact) mass is 213 g/mol. The molecule has 0 amide bonds. The molecule has 0 aliphatic carbocycles. The summed E-state index contributed by atoms with van der Waals surface area (Å²) in [6.45, 7) is 3.87. The molecule has 1 unspecified atom stereocenters. The van der Waals surface area contributed by atoms with Crippen LogP contribution in [0.5, 0.6) is 0 Å². The molecule has 0 bridgehead atoms. The van der Waals surface area contributed by atoms with Gasteiger partial charge in [-0.3, -0.25) is 0 Å². The molecular weight excluding hydrogens is 194 g/mol. The third-order valence-electron chi connectivity index (χ3n) is 2.80. The molecule has 0 N–H and O–H groups in total. The van der Waals surface area contributed by atoms with E-state index in [0.29, 0.717) is 0 Å². The molecule has 0 aromatic rings. The van der Waals surface area contributed by atoms with Crippen molar-refractivity contribution in [3.05, 3.63) is 12.3 Å². The molecule has 0 saturated carbocycles. The standard InChI is InChI=1S/C11H19NO3/c1-11(15-3)6-4-7-12(9-11)8-5-10(13)14-2/h5,8H,4,6-7,9H2,1-3H3/b8-5+. The summed E-state index contributed by atoms with van der Waals surface area (Å²) in [5, 5.41) is 0. The van der Waals surface area contributed by atoms with Crippen LogP contribution >= 0.6 is 0 Å². The Hall–Kier alpha value is -1.03. The number of nitrogens with zero attached hydrogens (tertiary/aromatic N) is 1. The molecule has 1 atom stereocenters. The third-order valence-corrected chi connectivity index (χ3v) is 2.80. The molecule has 4 heteroatoms. The largest absolute Gasteiger partial charge is 0.466 e. The summed E-state index contributed by atoms with van der Waals surface area (Å²) in [4.78, 5) is 13.0. The zero-order valence-corrected chi connectivity index (χ0v) is 9.66. The van der Waals surface area contributed by atoms with Gasteiger partial charge < -0.3 is 14.4 Å². The van der Waals surface area contributed by atoms with Crippen LogP contribution in [-0.2, 0) is 14.3 Å². The molecule has 0 aromatic carbocycles. The van der Waals surface area contributed by atoms with Crippen molar-refractivity contribution in [3.63, 3.8) is 0 Å². The summed E-state index contributed by atoms with van der Waals surface area (Å²) in [5.41, 5.74) is -0.0985. The van der Waals surface area contributed by atoms with Gasteiger partial charge in [-0.25, -0.2) is 4.79 Å². The third kappa shape index (κ3) is 3.55. The van der Waals surface area contributed by atoms with Crippen molar-refractivity contribution in [1.29, 1.82) is 0 Å². The number of hydrogen-bond donors (Lipinski definition) is 0. The van der Waals surface area contributed by atoms with E-state index in [9.17, 15) is 4.79 Å². The molecule has 1 rings (SSSR count). The van der Waals surface area contributed by atoms with Gasteiger partial charge in [0.15, 0.2) is 0 Å². The second-order valence-electron chi connectivity index (χ2n) is 4.07. The molecular formula is C11H19NO3. The quantitative estimate of drug-likeness (QED) is 0.521. The molecule has 1 saturated heterocycles. The Morgan fingerprint density at radius 1 is 1.47 bits per heavy atom. The first-order valence-corrected chi connectivity index (χ1v) is 5.15. The molecule has 0 aromatic heterocycles. The van der Waals surface area contributed by atoms with E-state index < -0.39 is 0 Å². The van der Waals surface area contributed by atoms with E-state index in [1.165, 1.54) is 13.2 Å². The predicted molar refractivity (Wildman–Crippen MR) is 57.4 cm³/mol. The van der Waals surface area contributed by atoms with Crippen molar-refractivity contribution < 1.29 is 14.3 Å². The van der Waals surface area contributed by atoms with Crippen molar-refractivity contribution in [2.24, 2.45) is 0 Å². The maximum Gasteiger partial charge on any atom is 0.331 e. The lowest BCUT2D eigenvalue weighted by molar-refractivity contribution is -0.135. The first kappa shape index (κ1) is 12.0. The Morgan fingerprint density at radius 2 is 2.20 bits per heavy atom. The van der Waals surface area contributed by atoms with E-state index >= 15 is 0 Å². The predicted octanol–water partition coefficient (Wildman–Crippen LogP) is 1.17. The summed E-state index contributed by atoms with van der Waals surface area (Å²) in [6.07, 6.45) is 5.37. The van der Waals surface area contributed by atoms with Crippen LogP contribution < -0.4 is 0 Å². The number of piperidine rings is 1. The fourth-order valence-electron chi connectivity index (χ4n) is 1.77. The number of ether oxygens (including phenoxy) is 2. The van der Waals surface area contributed by atoms with E-state index in [4.69, 9.17) is 4.74 Å². The van der Waals surface area contributed by atoms with Crippen molar-refractivity contribution in [1.82, 2.24) is 4.90 Å². The molecule has 15 heavy (non-hydrogen) atoms. The van der Waals surface area contributed by atoms with Crippen LogP contribution in [0.1, 0.15) is 19.8 Å². The Bertz CT molecular complexity index is 252. The Kier molecular flexibility index (Phi) is 4.15. The summed E-state index contributed by atoms with van der Waals surface area (Å²) < 4.78 is 9.99. The number of hydrogen-bond acceptors (Lipinski definition) is 4. The first-order chi connectivity index (χ1) is 7.09. The van der Waals surface area contributed by atoms with Crippen molar-refractivity contribution in [2.45, 2.75) is 25.4 Å². The molecule has 1 aliphatic heterocycles. The lowest BCUT2D eigenvalue weighted by Crippen LogP contribution is -2.45. The fourth-order valence-corrected chi connectivity index (χ4v) is 1.77. The van der Waals surface area contributed by atoms with Crippen LogP contribution in [0.15, 0.2) is 12.3 Å². The Balaban J connectivity index is 2.50. The van der Waals surface area contributed by atoms with Gasteiger partial charge in [0, 0.05) is 32.5 Å². The zero-order valence-electron chi connectivity index (χ0n) is 9.66. The molecule has 86 valence electrons. The highest BCUT2D eigenvalue weighted by Crippen LogP contribution is 2.23. The molecule has 1 fully saturated rings. The number of methoxy groups -OCH3 is 2. The second kappa shape index (κ2) is 5.16. The molecule has 1 heterocycles. The van der Waals surface area contributed by atoms with E-state index in [1.807, 2.05) is 0 Å². The zero-order chi connectivity index (χ0) is 11.3. The van der Waals surface area contributed by atoms with Crippen LogP contribution in [0.4, 0.5) is 0 Å². The Labute approximate surface area is 90.8 Å². The first-order valence-electron chi connectivity index (χ1n) is 5.15. The van der Waals surface area contributed by atoms with Crippen LogP contribution in [0.25, 0.3) is 0 Å². The van der Waals surface area contributed by atoms with Gasteiger partial charge in [-0.05, 0) is 19.8 Å². The van der Waals surface area contributed by atoms with Crippen molar-refractivity contribution in [2.75, 3.05) is 27.3 Å². The highest BCUT2D eigenvalue weighted by molar-refractivity contribution is 5.81. The molecule has 0 radical (unpaired) electrons. The van der Waals surface area contributed by atoms with E-state index in [1.54, 1.807) is 13.3 Å². The fraction of sp³-hybridized carbons (Fsp3) is 0.727. The van der Waals surface area contributed by atoms with Gasteiger partial charge >= 0.3 is 5.97 Å². The number of esters is 1. The SMILES string of the molecule is COC(=O)/C=C/N1CCCC(C)(OC)C1. The number of carbonyl (C=O) groups is 1. The number of carbonyl (C=O) groups excluding carboxylic acids is 1. The van der Waals surface area contributed by atoms with Gasteiger partial charge in [0.05, 0.1) is 12.7 Å². The highest BCUT2D eigenvalue weighted by atomic mass is 16.5. The minimum Gasteiger partial charge on any atom is -0.466 e. The van der Waals surface area contributed by atoms with E-state index in [0.717, 1.165) is 25.9 Å². The van der Waals surface area contributed by atoms with Crippen molar-refractivity contribution in [3.8, 4) is 0 Å². The summed E-state index contributed by atoms with van der Waals surface area (Å²) >= 11 is 0. The maximum atomic E-state index is 10.9. The van der Waals surface area contributed by atoms with Gasteiger partial charge in [0.25, 0.3) is 0 Å². The lowest BCUT2D eigenvalue weighted by atomic mass is 9.95. The summed E-state index contributed by atoms with van der Waals surface area (Å²) in [7, 11) is 3.11. The number of likely N-dealkylation sites (tertiary alicyclic amines) is 1. The summed E-state index contributed by atoms with van der Waals surface area (Å²) in [5.74, 6) is -0.320. The Morgan fingerprint density at radius 3 is 2.80 bits per heavy atom. The van der Waals surface area contributed by atoms with Gasteiger partial charge in [0.2, 0.25) is 0 Å². The molecule has 0 spiro atoms. The van der Waals surface area contributed by atoms with Gasteiger partial charge in [0.1, 0.15) is 0 Å². The number of rotatable bonds is 3. The maximum absolute atomic E-state index is 10.9. The van der Waals surface area contributed by atoms with Crippen molar-refractivity contribution >= 4 is 5.97 Å². The van der Waals surface area contributed by atoms with Crippen LogP contribution in [0.2, 0.25) is 0 Å². The summed E-state index contributed by atoms with van der Waals surface area (Å²) in [6, 6.07) is 0. The lowest BCUT2D eigenvalue weighted by Gasteiger charge is -2.38. The highest BCUT2D eigenvalue weighted by Gasteiger charge is 2.29. The molecule has 4 nitrogen and oxygen atoms in total. The van der Waals surface area contributed by atoms with Crippen LogP contribution in [0, 0.1) is 0 Å². The van der Waals surface area contributed by atoms with Gasteiger partial charge in [-0.2, -0.15) is 0 Å². The minimum absolute atomic E-state index is 0.0985. The normalized spacial score (nSPS) is 27.0. The van der Waals surface area contributed by atoms with Gasteiger partial charge in [-0.15, -0.1) is 0 Å². The average Bonchev–Trinajstić information content (AvgIpc) is 2.26. The molecule has 1 aliphatic rings. The smallest absolute Gasteiger partial charge is 0.331 e.